The molecule has 162 valence electrons. The Kier molecular flexibility index (Phi) is 6.01. The molecule has 0 radical (unpaired) electrons. The molecule has 0 aliphatic carbocycles. The van der Waals surface area contributed by atoms with Crippen LogP contribution in [0.2, 0.25) is 0 Å². The molecule has 0 unspecified atom stereocenters. The molecule has 1 heterocycles. The Hall–Kier alpha value is -3.58. The number of Topliss-reactive ketones (excluding diaryl/α,β-unsaturated/α-hetero) is 1. The fourth-order valence-electron chi connectivity index (χ4n) is 3.35. The predicted molar refractivity (Wildman–Crippen MR) is 123 cm³/mol. The van der Waals surface area contributed by atoms with Gasteiger partial charge in [-0.2, -0.15) is 0 Å². The number of allylic oxidation sites excluding steroid dienone is 1. The molecule has 0 aromatic heterocycles. The second-order valence-electron chi connectivity index (χ2n) is 7.02. The Labute approximate surface area is 193 Å². The van der Waals surface area contributed by atoms with Gasteiger partial charge in [0.05, 0.1) is 25.3 Å². The van der Waals surface area contributed by atoms with Gasteiger partial charge in [0.25, 0.3) is 0 Å². The van der Waals surface area contributed by atoms with Crippen molar-refractivity contribution in [1.82, 2.24) is 0 Å². The first kappa shape index (κ1) is 21.6. The third-order valence-electron chi connectivity index (χ3n) is 5.00. The van der Waals surface area contributed by atoms with E-state index in [1.165, 1.54) is 14.2 Å². The number of carbonyl (C=O) groups excluding carboxylic acids is 2. The fourth-order valence-corrected chi connectivity index (χ4v) is 3.77. The van der Waals surface area contributed by atoms with Gasteiger partial charge in [-0.25, -0.2) is 4.79 Å². The summed E-state index contributed by atoms with van der Waals surface area (Å²) >= 11 is 3.42. The van der Waals surface area contributed by atoms with Gasteiger partial charge in [-0.3, -0.25) is 4.79 Å². The summed E-state index contributed by atoms with van der Waals surface area (Å²) in [5.74, 6) is 1.04. The first-order valence-electron chi connectivity index (χ1n) is 9.69. The van der Waals surface area contributed by atoms with Crippen LogP contribution in [0.4, 0.5) is 0 Å². The Morgan fingerprint density at radius 2 is 1.72 bits per heavy atom. The van der Waals surface area contributed by atoms with Crippen LogP contribution in [0.1, 0.15) is 31.8 Å². The Bertz CT molecular complexity index is 1260. The first-order valence-corrected chi connectivity index (χ1v) is 10.5. The van der Waals surface area contributed by atoms with E-state index >= 15 is 0 Å². The number of hydrogen-bond donors (Lipinski definition) is 0. The quantitative estimate of drug-likeness (QED) is 0.260. The number of halogens is 1. The van der Waals surface area contributed by atoms with Gasteiger partial charge in [-0.05, 0) is 61.0 Å². The van der Waals surface area contributed by atoms with Crippen molar-refractivity contribution >= 4 is 33.8 Å². The molecule has 4 rings (SSSR count). The Morgan fingerprint density at radius 1 is 0.969 bits per heavy atom. The van der Waals surface area contributed by atoms with E-state index in [0.717, 1.165) is 10.0 Å². The monoisotopic (exact) mass is 494 g/mol. The van der Waals surface area contributed by atoms with E-state index in [1.807, 2.05) is 24.3 Å². The minimum Gasteiger partial charge on any atom is -0.493 e. The van der Waals surface area contributed by atoms with E-state index in [9.17, 15) is 9.59 Å². The lowest BCUT2D eigenvalue weighted by molar-refractivity contribution is 0.0732. The lowest BCUT2D eigenvalue weighted by Gasteiger charge is -2.12. The third kappa shape index (κ3) is 4.11. The zero-order valence-electron chi connectivity index (χ0n) is 17.6. The molecule has 1 aliphatic heterocycles. The average Bonchev–Trinajstić information content (AvgIpc) is 3.11. The van der Waals surface area contributed by atoms with Gasteiger partial charge in [0.1, 0.15) is 11.5 Å². The Morgan fingerprint density at radius 3 is 2.44 bits per heavy atom. The number of benzene rings is 3. The SMILES string of the molecule is COc1ccc(C(=O)Oc2ccc3c(c2C)O/C(=C\c2cccc(Br)c2)C3=O)cc1OC. The highest BCUT2D eigenvalue weighted by Gasteiger charge is 2.30. The van der Waals surface area contributed by atoms with E-state index < -0.39 is 5.97 Å². The van der Waals surface area contributed by atoms with E-state index in [1.54, 1.807) is 43.3 Å². The van der Waals surface area contributed by atoms with Crippen LogP contribution in [-0.4, -0.2) is 26.0 Å². The number of fused-ring (bicyclic) bond motifs is 1. The summed E-state index contributed by atoms with van der Waals surface area (Å²) < 4.78 is 22.8. The van der Waals surface area contributed by atoms with Crippen LogP contribution in [0.15, 0.2) is 64.8 Å². The van der Waals surface area contributed by atoms with Crippen LogP contribution in [-0.2, 0) is 0 Å². The smallest absolute Gasteiger partial charge is 0.343 e. The summed E-state index contributed by atoms with van der Waals surface area (Å²) in [5, 5.41) is 0. The molecule has 3 aromatic carbocycles. The molecular weight excluding hydrogens is 476 g/mol. The summed E-state index contributed by atoms with van der Waals surface area (Å²) in [5.41, 5.74) is 2.11. The Balaban J connectivity index is 1.60. The highest BCUT2D eigenvalue weighted by Crippen LogP contribution is 2.39. The summed E-state index contributed by atoms with van der Waals surface area (Å²) in [7, 11) is 3.01. The minimum absolute atomic E-state index is 0.213. The summed E-state index contributed by atoms with van der Waals surface area (Å²) in [6, 6.07) is 15.5. The van der Waals surface area contributed by atoms with Crippen LogP contribution >= 0.6 is 15.9 Å². The number of esters is 1. The van der Waals surface area contributed by atoms with Crippen molar-refractivity contribution in [3.05, 3.63) is 87.1 Å². The highest BCUT2D eigenvalue weighted by molar-refractivity contribution is 9.10. The van der Waals surface area contributed by atoms with Crippen molar-refractivity contribution in [2.75, 3.05) is 14.2 Å². The van der Waals surface area contributed by atoms with E-state index in [2.05, 4.69) is 15.9 Å². The van der Waals surface area contributed by atoms with Gasteiger partial charge < -0.3 is 18.9 Å². The van der Waals surface area contributed by atoms with Crippen LogP contribution in [0.3, 0.4) is 0 Å². The molecule has 0 atom stereocenters. The zero-order chi connectivity index (χ0) is 22.8. The van der Waals surface area contributed by atoms with Crippen molar-refractivity contribution in [3.8, 4) is 23.0 Å². The van der Waals surface area contributed by atoms with E-state index in [0.29, 0.717) is 39.7 Å². The van der Waals surface area contributed by atoms with Crippen molar-refractivity contribution in [3.63, 3.8) is 0 Å². The molecule has 0 N–H and O–H groups in total. The molecule has 0 amide bonds. The molecule has 32 heavy (non-hydrogen) atoms. The van der Waals surface area contributed by atoms with E-state index in [-0.39, 0.29) is 11.5 Å². The molecule has 0 fully saturated rings. The van der Waals surface area contributed by atoms with Crippen LogP contribution in [0, 0.1) is 6.92 Å². The van der Waals surface area contributed by atoms with Crippen molar-refractivity contribution in [1.29, 1.82) is 0 Å². The van der Waals surface area contributed by atoms with Crippen molar-refractivity contribution in [2.45, 2.75) is 6.92 Å². The van der Waals surface area contributed by atoms with Crippen molar-refractivity contribution in [2.24, 2.45) is 0 Å². The zero-order valence-corrected chi connectivity index (χ0v) is 19.2. The minimum atomic E-state index is -0.566. The van der Waals surface area contributed by atoms with Crippen LogP contribution < -0.4 is 18.9 Å². The number of methoxy groups -OCH3 is 2. The number of hydrogen-bond acceptors (Lipinski definition) is 6. The number of carbonyl (C=O) groups is 2. The molecule has 0 saturated carbocycles. The number of ether oxygens (including phenoxy) is 4. The van der Waals surface area contributed by atoms with Gasteiger partial charge in [0.15, 0.2) is 17.3 Å². The predicted octanol–water partition coefficient (Wildman–Crippen LogP) is 5.61. The lowest BCUT2D eigenvalue weighted by atomic mass is 10.1. The fraction of sp³-hybridized carbons (Fsp3) is 0.120. The molecule has 6 nitrogen and oxygen atoms in total. The van der Waals surface area contributed by atoms with Crippen molar-refractivity contribution < 1.29 is 28.5 Å². The third-order valence-corrected chi connectivity index (χ3v) is 5.50. The number of rotatable bonds is 5. The van der Waals surface area contributed by atoms with Gasteiger partial charge in [0, 0.05) is 10.0 Å². The van der Waals surface area contributed by atoms with Gasteiger partial charge in [0.2, 0.25) is 5.78 Å². The van der Waals surface area contributed by atoms with E-state index in [4.69, 9.17) is 18.9 Å². The second-order valence-corrected chi connectivity index (χ2v) is 7.94. The standard InChI is InChI=1S/C25H19BrO6/c1-14-19(32-25(28)16-7-9-20(29-2)21(13-16)30-3)10-8-18-23(27)22(31-24(14)18)12-15-5-4-6-17(26)11-15/h4-13H,1-3H3/b22-12-. The first-order chi connectivity index (χ1) is 15.4. The molecule has 0 bridgehead atoms. The number of ketones is 1. The molecule has 7 heteroatoms. The molecule has 0 saturated heterocycles. The van der Waals surface area contributed by atoms with Gasteiger partial charge >= 0.3 is 5.97 Å². The summed E-state index contributed by atoms with van der Waals surface area (Å²) in [4.78, 5) is 25.5. The van der Waals surface area contributed by atoms with Gasteiger partial charge in [-0.1, -0.05) is 28.1 Å². The maximum absolute atomic E-state index is 12.8. The normalized spacial score (nSPS) is 13.5. The molecule has 3 aromatic rings. The maximum atomic E-state index is 12.8. The van der Waals surface area contributed by atoms with Crippen LogP contribution in [0.5, 0.6) is 23.0 Å². The molecule has 0 spiro atoms. The molecule has 1 aliphatic rings. The lowest BCUT2D eigenvalue weighted by Crippen LogP contribution is -2.10. The topological polar surface area (TPSA) is 71.1 Å². The largest absolute Gasteiger partial charge is 0.493 e. The second kappa shape index (κ2) is 8.88. The highest BCUT2D eigenvalue weighted by atomic mass is 79.9. The summed E-state index contributed by atoms with van der Waals surface area (Å²) in [6.07, 6.45) is 1.68. The average molecular weight is 495 g/mol. The van der Waals surface area contributed by atoms with Gasteiger partial charge in [-0.15, -0.1) is 0 Å². The molecular formula is C25H19BrO6. The maximum Gasteiger partial charge on any atom is 0.343 e. The van der Waals surface area contributed by atoms with Crippen LogP contribution in [0.25, 0.3) is 6.08 Å². The summed E-state index contributed by atoms with van der Waals surface area (Å²) in [6.45, 7) is 1.74.